The minimum Gasteiger partial charge on any atom is -0.362 e. The van der Waals surface area contributed by atoms with Crippen LogP contribution in [0.25, 0.3) is 0 Å². The number of aliphatic hydroxyl groups is 2. The van der Waals surface area contributed by atoms with Gasteiger partial charge in [0, 0.05) is 12.8 Å². The summed E-state index contributed by atoms with van der Waals surface area (Å²) in [5.74, 6) is -1.79. The van der Waals surface area contributed by atoms with E-state index in [4.69, 9.17) is 10.2 Å². The Kier molecular flexibility index (Phi) is 1.38. The van der Waals surface area contributed by atoms with Gasteiger partial charge in [-0.2, -0.15) is 0 Å². The van der Waals surface area contributed by atoms with Gasteiger partial charge < -0.3 is 10.2 Å². The van der Waals surface area contributed by atoms with Crippen LogP contribution in [0.15, 0.2) is 12.2 Å². The highest BCUT2D eigenvalue weighted by Crippen LogP contribution is 2.15. The van der Waals surface area contributed by atoms with E-state index in [1.165, 1.54) is 6.08 Å². The van der Waals surface area contributed by atoms with Crippen LogP contribution in [0.3, 0.4) is 0 Å². The van der Waals surface area contributed by atoms with Crippen molar-refractivity contribution in [1.82, 2.24) is 0 Å². The molecule has 2 N–H and O–H groups in total. The molecule has 0 bridgehead atoms. The third-order valence-corrected chi connectivity index (χ3v) is 1.28. The van der Waals surface area contributed by atoms with Gasteiger partial charge in [-0.1, -0.05) is 0 Å². The van der Waals surface area contributed by atoms with E-state index in [1.54, 1.807) is 0 Å². The average molecular weight is 128 g/mol. The number of hydrogen-bond acceptors (Lipinski definition) is 3. The lowest BCUT2D eigenvalue weighted by molar-refractivity contribution is -0.138. The van der Waals surface area contributed by atoms with Crippen molar-refractivity contribution in [2.45, 2.75) is 18.6 Å². The van der Waals surface area contributed by atoms with Crippen LogP contribution in [0, 0.1) is 0 Å². The third kappa shape index (κ3) is 1.62. The summed E-state index contributed by atoms with van der Waals surface area (Å²) in [6.45, 7) is 0. The molecule has 0 saturated carbocycles. The molecule has 0 fully saturated rings. The predicted octanol–water partition coefficient (Wildman–Crippen LogP) is -0.414. The van der Waals surface area contributed by atoms with E-state index in [9.17, 15) is 4.79 Å². The average Bonchev–Trinajstić information content (AvgIpc) is 1.78. The summed E-state index contributed by atoms with van der Waals surface area (Å²) >= 11 is 0. The second kappa shape index (κ2) is 1.93. The number of rotatable bonds is 0. The van der Waals surface area contributed by atoms with Gasteiger partial charge in [-0.25, -0.2) is 0 Å². The fraction of sp³-hybridized carbons (Fsp3) is 0.500. The second-order valence-corrected chi connectivity index (χ2v) is 2.18. The fourth-order valence-electron chi connectivity index (χ4n) is 0.700. The SMILES string of the molecule is O=C1C=CC(O)(O)CC1. The van der Waals surface area contributed by atoms with Gasteiger partial charge in [-0.3, -0.25) is 4.79 Å². The molecule has 0 aromatic heterocycles. The molecule has 3 heteroatoms. The van der Waals surface area contributed by atoms with Gasteiger partial charge in [-0.05, 0) is 12.2 Å². The molecule has 1 aliphatic carbocycles. The minimum absolute atomic E-state index is 0.0475. The number of carbonyl (C=O) groups excluding carboxylic acids is 1. The molecule has 0 aliphatic heterocycles. The molecule has 50 valence electrons. The Balaban J connectivity index is 2.69. The molecule has 0 amide bonds. The Labute approximate surface area is 52.6 Å². The molecule has 1 aliphatic rings. The van der Waals surface area contributed by atoms with Gasteiger partial charge in [0.25, 0.3) is 0 Å². The summed E-state index contributed by atoms with van der Waals surface area (Å²) in [5, 5.41) is 17.6. The lowest BCUT2D eigenvalue weighted by atomic mass is 10.0. The maximum atomic E-state index is 10.4. The van der Waals surface area contributed by atoms with E-state index in [0.717, 1.165) is 6.08 Å². The van der Waals surface area contributed by atoms with Crippen molar-refractivity contribution >= 4 is 5.78 Å². The molecule has 0 radical (unpaired) electrons. The summed E-state index contributed by atoms with van der Waals surface area (Å²) in [5.41, 5.74) is 0. The molecular weight excluding hydrogens is 120 g/mol. The molecule has 3 nitrogen and oxygen atoms in total. The molecule has 1 rings (SSSR count). The lowest BCUT2D eigenvalue weighted by Crippen LogP contribution is -2.28. The fourth-order valence-corrected chi connectivity index (χ4v) is 0.700. The summed E-state index contributed by atoms with van der Waals surface area (Å²) in [4.78, 5) is 10.4. The molecule has 0 spiro atoms. The zero-order valence-corrected chi connectivity index (χ0v) is 4.87. The van der Waals surface area contributed by atoms with E-state index < -0.39 is 5.79 Å². The van der Waals surface area contributed by atoms with Crippen molar-refractivity contribution in [3.8, 4) is 0 Å². The van der Waals surface area contributed by atoms with Crippen LogP contribution in [-0.2, 0) is 4.79 Å². The molecule has 0 atom stereocenters. The van der Waals surface area contributed by atoms with Gasteiger partial charge in [-0.15, -0.1) is 0 Å². The quantitative estimate of drug-likeness (QED) is 0.436. The van der Waals surface area contributed by atoms with E-state index in [0.29, 0.717) is 0 Å². The summed E-state index contributed by atoms with van der Waals surface area (Å²) in [6, 6.07) is 0. The first kappa shape index (κ1) is 6.45. The van der Waals surface area contributed by atoms with Crippen molar-refractivity contribution in [3.05, 3.63) is 12.2 Å². The zero-order chi connectivity index (χ0) is 6.91. The predicted molar refractivity (Wildman–Crippen MR) is 30.5 cm³/mol. The standard InChI is InChI=1S/C6H8O3/c7-5-1-3-6(8,9)4-2-5/h1,3,8-9H,2,4H2. The Morgan fingerprint density at radius 2 is 2.22 bits per heavy atom. The molecule has 0 saturated heterocycles. The van der Waals surface area contributed by atoms with Gasteiger partial charge in [0.2, 0.25) is 0 Å². The molecular formula is C6H8O3. The number of ketones is 1. The highest BCUT2D eigenvalue weighted by Gasteiger charge is 2.23. The molecule has 0 unspecified atom stereocenters. The van der Waals surface area contributed by atoms with Crippen LogP contribution in [0.2, 0.25) is 0 Å². The summed E-state index contributed by atoms with van der Waals surface area (Å²) in [6.07, 6.45) is 2.65. The van der Waals surface area contributed by atoms with Crippen LogP contribution in [0.5, 0.6) is 0 Å². The van der Waals surface area contributed by atoms with Gasteiger partial charge in [0.15, 0.2) is 11.6 Å². The van der Waals surface area contributed by atoms with Crippen molar-refractivity contribution < 1.29 is 15.0 Å². The largest absolute Gasteiger partial charge is 0.362 e. The third-order valence-electron chi connectivity index (χ3n) is 1.28. The summed E-state index contributed by atoms with van der Waals surface area (Å²) in [7, 11) is 0. The van der Waals surface area contributed by atoms with Crippen molar-refractivity contribution in [2.24, 2.45) is 0 Å². The van der Waals surface area contributed by atoms with E-state index in [-0.39, 0.29) is 18.6 Å². The van der Waals surface area contributed by atoms with Crippen LogP contribution < -0.4 is 0 Å². The van der Waals surface area contributed by atoms with Crippen LogP contribution in [0.4, 0.5) is 0 Å². The van der Waals surface area contributed by atoms with Gasteiger partial charge in [0.05, 0.1) is 0 Å². The Morgan fingerprint density at radius 1 is 1.56 bits per heavy atom. The Morgan fingerprint density at radius 3 is 2.56 bits per heavy atom. The molecule has 9 heavy (non-hydrogen) atoms. The first-order chi connectivity index (χ1) is 4.10. The maximum Gasteiger partial charge on any atom is 0.183 e. The van der Waals surface area contributed by atoms with E-state index in [2.05, 4.69) is 0 Å². The zero-order valence-electron chi connectivity index (χ0n) is 4.87. The first-order valence-electron chi connectivity index (χ1n) is 2.77. The topological polar surface area (TPSA) is 57.5 Å². The van der Waals surface area contributed by atoms with Crippen LogP contribution >= 0.6 is 0 Å². The van der Waals surface area contributed by atoms with Crippen molar-refractivity contribution in [2.75, 3.05) is 0 Å². The first-order valence-corrected chi connectivity index (χ1v) is 2.77. The molecule has 0 heterocycles. The Hall–Kier alpha value is -0.670. The summed E-state index contributed by atoms with van der Waals surface area (Å²) < 4.78 is 0. The maximum absolute atomic E-state index is 10.4. The number of carbonyl (C=O) groups is 1. The smallest absolute Gasteiger partial charge is 0.183 e. The monoisotopic (exact) mass is 128 g/mol. The highest BCUT2D eigenvalue weighted by atomic mass is 16.5. The van der Waals surface area contributed by atoms with Crippen molar-refractivity contribution in [1.29, 1.82) is 0 Å². The van der Waals surface area contributed by atoms with Gasteiger partial charge >= 0.3 is 0 Å². The normalized spacial score (nSPS) is 24.4. The lowest BCUT2D eigenvalue weighted by Gasteiger charge is -2.19. The highest BCUT2D eigenvalue weighted by molar-refractivity contribution is 5.90. The number of allylic oxidation sites excluding steroid dienone is 1. The van der Waals surface area contributed by atoms with E-state index in [1.807, 2.05) is 0 Å². The van der Waals surface area contributed by atoms with Gasteiger partial charge in [0.1, 0.15) is 0 Å². The van der Waals surface area contributed by atoms with Crippen molar-refractivity contribution in [3.63, 3.8) is 0 Å². The molecule has 0 aromatic rings. The minimum atomic E-state index is -1.74. The van der Waals surface area contributed by atoms with E-state index >= 15 is 0 Å². The van der Waals surface area contributed by atoms with Crippen LogP contribution in [-0.4, -0.2) is 21.8 Å². The second-order valence-electron chi connectivity index (χ2n) is 2.18. The number of hydrogen-bond donors (Lipinski definition) is 2. The Bertz CT molecular complexity index is 158. The molecule has 0 aromatic carbocycles. The van der Waals surface area contributed by atoms with Crippen LogP contribution in [0.1, 0.15) is 12.8 Å².